The number of benzene rings is 2. The lowest BCUT2D eigenvalue weighted by Crippen LogP contribution is -2.28. The van der Waals surface area contributed by atoms with E-state index in [1.54, 1.807) is 6.07 Å². The van der Waals surface area contributed by atoms with Crippen LogP contribution in [0.5, 0.6) is 11.5 Å². The monoisotopic (exact) mass is 312 g/mol. The van der Waals surface area contributed by atoms with Gasteiger partial charge < -0.3 is 19.5 Å². The smallest absolute Gasteiger partial charge is 0.481 e. The number of rotatable bonds is 4. The standard InChI is InChI=1S/C17H17BO5/c1-10-4-3-5-12(6-10)22-13-7-11(2)17-14(8-13)18(21)23-15(17)9-16(19)20/h3-8,15,21H,9H2,1-2H3,(H,19,20). The Hall–Kier alpha value is -2.31. The SMILES string of the molecule is Cc1cccc(Oc2cc(C)c3c(c2)B(O)OC3CC(=O)O)c1. The highest BCUT2D eigenvalue weighted by atomic mass is 16.5. The van der Waals surface area contributed by atoms with Crippen LogP contribution in [0.25, 0.3) is 0 Å². The van der Waals surface area contributed by atoms with E-state index in [1.807, 2.05) is 44.2 Å². The first-order valence-electron chi connectivity index (χ1n) is 7.38. The zero-order chi connectivity index (χ0) is 16.6. The molecule has 5 nitrogen and oxygen atoms in total. The fourth-order valence-electron chi connectivity index (χ4n) is 2.92. The predicted molar refractivity (Wildman–Crippen MR) is 86.1 cm³/mol. The first kappa shape index (κ1) is 15.6. The van der Waals surface area contributed by atoms with Gasteiger partial charge in [0, 0.05) is 0 Å². The lowest BCUT2D eigenvalue weighted by atomic mass is 9.77. The van der Waals surface area contributed by atoms with Crippen molar-refractivity contribution in [3.63, 3.8) is 0 Å². The maximum atomic E-state index is 10.9. The van der Waals surface area contributed by atoms with E-state index in [4.69, 9.17) is 14.5 Å². The molecule has 0 bridgehead atoms. The molecule has 1 heterocycles. The van der Waals surface area contributed by atoms with Gasteiger partial charge in [0.25, 0.3) is 0 Å². The van der Waals surface area contributed by atoms with Crippen LogP contribution in [0, 0.1) is 13.8 Å². The third-order valence-corrected chi connectivity index (χ3v) is 3.86. The normalized spacial score (nSPS) is 16.3. The molecule has 0 aromatic heterocycles. The molecule has 0 spiro atoms. The van der Waals surface area contributed by atoms with Crippen LogP contribution in [0.3, 0.4) is 0 Å². The molecular weight excluding hydrogens is 295 g/mol. The third-order valence-electron chi connectivity index (χ3n) is 3.86. The molecule has 0 amide bonds. The Bertz CT molecular complexity index is 759. The van der Waals surface area contributed by atoms with Gasteiger partial charge in [-0.1, -0.05) is 12.1 Å². The van der Waals surface area contributed by atoms with E-state index in [2.05, 4.69) is 0 Å². The van der Waals surface area contributed by atoms with Gasteiger partial charge in [0.1, 0.15) is 11.5 Å². The van der Waals surface area contributed by atoms with E-state index in [0.717, 1.165) is 16.7 Å². The van der Waals surface area contributed by atoms with Crippen molar-refractivity contribution >= 4 is 18.6 Å². The van der Waals surface area contributed by atoms with Crippen LogP contribution < -0.4 is 10.2 Å². The summed E-state index contributed by atoms with van der Waals surface area (Å²) >= 11 is 0. The summed E-state index contributed by atoms with van der Waals surface area (Å²) in [5.74, 6) is 0.333. The topological polar surface area (TPSA) is 76.0 Å². The Morgan fingerprint density at radius 3 is 2.74 bits per heavy atom. The lowest BCUT2D eigenvalue weighted by Gasteiger charge is -2.13. The summed E-state index contributed by atoms with van der Waals surface area (Å²) in [5, 5.41) is 19.0. The van der Waals surface area contributed by atoms with E-state index < -0.39 is 19.2 Å². The highest BCUT2D eigenvalue weighted by molar-refractivity contribution is 6.62. The van der Waals surface area contributed by atoms with Crippen molar-refractivity contribution in [1.82, 2.24) is 0 Å². The van der Waals surface area contributed by atoms with E-state index in [0.29, 0.717) is 17.0 Å². The lowest BCUT2D eigenvalue weighted by molar-refractivity contribution is -0.138. The summed E-state index contributed by atoms with van der Waals surface area (Å²) in [6.45, 7) is 3.84. The number of hydrogen-bond donors (Lipinski definition) is 2. The maximum absolute atomic E-state index is 10.9. The second-order valence-electron chi connectivity index (χ2n) is 5.74. The Balaban J connectivity index is 1.93. The van der Waals surface area contributed by atoms with E-state index in [-0.39, 0.29) is 6.42 Å². The van der Waals surface area contributed by atoms with Gasteiger partial charge in [-0.3, -0.25) is 4.79 Å². The van der Waals surface area contributed by atoms with Crippen molar-refractivity contribution in [1.29, 1.82) is 0 Å². The highest BCUT2D eigenvalue weighted by Crippen LogP contribution is 2.33. The van der Waals surface area contributed by atoms with Crippen LogP contribution in [0.2, 0.25) is 0 Å². The molecule has 1 aliphatic heterocycles. The number of carboxylic acid groups (broad SMARTS) is 1. The Labute approximate surface area is 134 Å². The second-order valence-corrected chi connectivity index (χ2v) is 5.74. The highest BCUT2D eigenvalue weighted by Gasteiger charge is 2.37. The number of hydrogen-bond acceptors (Lipinski definition) is 4. The van der Waals surface area contributed by atoms with Crippen LogP contribution in [-0.2, 0) is 9.45 Å². The zero-order valence-corrected chi connectivity index (χ0v) is 12.9. The summed E-state index contributed by atoms with van der Waals surface area (Å²) in [7, 11) is -1.13. The number of carbonyl (C=O) groups is 1. The van der Waals surface area contributed by atoms with Crippen LogP contribution in [0.15, 0.2) is 36.4 Å². The Kier molecular flexibility index (Phi) is 4.11. The molecule has 0 fully saturated rings. The van der Waals surface area contributed by atoms with Crippen LogP contribution in [0.4, 0.5) is 0 Å². The van der Waals surface area contributed by atoms with Crippen molar-refractivity contribution in [2.24, 2.45) is 0 Å². The summed E-state index contributed by atoms with van der Waals surface area (Å²) in [4.78, 5) is 10.9. The Morgan fingerprint density at radius 1 is 1.26 bits per heavy atom. The molecule has 2 aromatic rings. The quantitative estimate of drug-likeness (QED) is 0.848. The van der Waals surface area contributed by atoms with Crippen molar-refractivity contribution in [2.75, 3.05) is 0 Å². The summed E-state index contributed by atoms with van der Waals surface area (Å²) in [6, 6.07) is 11.2. The molecule has 0 radical (unpaired) electrons. The number of ether oxygens (including phenoxy) is 1. The number of aryl methyl sites for hydroxylation is 2. The molecule has 0 saturated carbocycles. The van der Waals surface area contributed by atoms with Gasteiger partial charge in [0.15, 0.2) is 0 Å². The van der Waals surface area contributed by atoms with Gasteiger partial charge in [0.2, 0.25) is 0 Å². The van der Waals surface area contributed by atoms with Crippen molar-refractivity contribution < 1.29 is 24.3 Å². The van der Waals surface area contributed by atoms with Crippen LogP contribution >= 0.6 is 0 Å². The average Bonchev–Trinajstić information content (AvgIpc) is 2.75. The minimum Gasteiger partial charge on any atom is -0.481 e. The molecule has 6 heteroatoms. The van der Waals surface area contributed by atoms with Crippen LogP contribution in [-0.4, -0.2) is 23.2 Å². The molecular formula is C17H17BO5. The molecule has 1 aliphatic rings. The van der Waals surface area contributed by atoms with Gasteiger partial charge in [-0.25, -0.2) is 0 Å². The van der Waals surface area contributed by atoms with Gasteiger partial charge in [-0.15, -0.1) is 0 Å². The molecule has 2 N–H and O–H groups in total. The molecule has 0 saturated heterocycles. The molecule has 1 atom stereocenters. The fraction of sp³-hybridized carbons (Fsp3) is 0.235. The van der Waals surface area contributed by atoms with E-state index >= 15 is 0 Å². The van der Waals surface area contributed by atoms with Crippen molar-refractivity contribution in [3.05, 3.63) is 53.1 Å². The van der Waals surface area contributed by atoms with E-state index in [1.165, 1.54) is 0 Å². The third kappa shape index (κ3) is 3.23. The zero-order valence-electron chi connectivity index (χ0n) is 12.9. The molecule has 118 valence electrons. The van der Waals surface area contributed by atoms with Crippen LogP contribution in [0.1, 0.15) is 29.2 Å². The number of fused-ring (bicyclic) bond motifs is 1. The molecule has 2 aromatic carbocycles. The summed E-state index contributed by atoms with van der Waals surface area (Å²) in [5.41, 5.74) is 3.23. The molecule has 0 aliphatic carbocycles. The summed E-state index contributed by atoms with van der Waals surface area (Å²) < 4.78 is 11.2. The first-order chi connectivity index (χ1) is 10.9. The molecule has 1 unspecified atom stereocenters. The molecule has 3 rings (SSSR count). The minimum atomic E-state index is -1.13. The number of carboxylic acids is 1. The maximum Gasteiger partial charge on any atom is 0.492 e. The van der Waals surface area contributed by atoms with Gasteiger partial charge in [-0.05, 0) is 60.3 Å². The van der Waals surface area contributed by atoms with Gasteiger partial charge >= 0.3 is 13.1 Å². The molecule has 23 heavy (non-hydrogen) atoms. The predicted octanol–water partition coefficient (Wildman–Crippen LogP) is 2.33. The fourth-order valence-corrected chi connectivity index (χ4v) is 2.92. The van der Waals surface area contributed by atoms with Crippen molar-refractivity contribution in [2.45, 2.75) is 26.4 Å². The Morgan fingerprint density at radius 2 is 2.04 bits per heavy atom. The minimum absolute atomic E-state index is 0.178. The van der Waals surface area contributed by atoms with Crippen molar-refractivity contribution in [3.8, 4) is 11.5 Å². The van der Waals surface area contributed by atoms with E-state index in [9.17, 15) is 9.82 Å². The largest absolute Gasteiger partial charge is 0.492 e. The first-order valence-corrected chi connectivity index (χ1v) is 7.38. The number of aliphatic carboxylic acids is 1. The summed E-state index contributed by atoms with van der Waals surface area (Å²) in [6.07, 6.45) is -0.811. The average molecular weight is 312 g/mol. The van der Waals surface area contributed by atoms with Gasteiger partial charge in [0.05, 0.1) is 12.5 Å². The second kappa shape index (κ2) is 6.06. The van der Waals surface area contributed by atoms with Gasteiger partial charge in [-0.2, -0.15) is 0 Å².